The third kappa shape index (κ3) is 3.18. The Morgan fingerprint density at radius 3 is 2.74 bits per heavy atom. The van der Waals surface area contributed by atoms with Gasteiger partial charge >= 0.3 is 0 Å². The lowest BCUT2D eigenvalue weighted by Gasteiger charge is -2.30. The molecule has 2 aromatic rings. The van der Waals surface area contributed by atoms with Crippen molar-refractivity contribution in [1.82, 2.24) is 19.2 Å². The van der Waals surface area contributed by atoms with Crippen LogP contribution in [0.3, 0.4) is 0 Å². The van der Waals surface area contributed by atoms with Crippen molar-refractivity contribution in [2.24, 2.45) is 0 Å². The Kier molecular flexibility index (Phi) is 5.07. The number of hydrogen-bond acceptors (Lipinski definition) is 6. The molecule has 2 aromatic heterocycles. The van der Waals surface area contributed by atoms with E-state index in [4.69, 9.17) is 4.74 Å². The van der Waals surface area contributed by atoms with Crippen LogP contribution >= 0.6 is 0 Å². The molecule has 0 aliphatic carbocycles. The second-order valence-electron chi connectivity index (χ2n) is 6.98. The highest BCUT2D eigenvalue weighted by Crippen LogP contribution is 2.24. The van der Waals surface area contributed by atoms with Crippen LogP contribution < -0.4 is 10.5 Å². The van der Waals surface area contributed by atoms with E-state index in [2.05, 4.69) is 15.0 Å². The monoisotopic (exact) mass is 371 g/mol. The van der Waals surface area contributed by atoms with Crippen LogP contribution in [0.5, 0.6) is 0 Å². The molecule has 8 nitrogen and oxygen atoms in total. The molecule has 1 fully saturated rings. The number of fused-ring (bicyclic) bond motifs is 1. The van der Waals surface area contributed by atoms with Gasteiger partial charge in [-0.1, -0.05) is 13.0 Å². The van der Waals surface area contributed by atoms with Gasteiger partial charge in [-0.25, -0.2) is 0 Å². The van der Waals surface area contributed by atoms with Crippen molar-refractivity contribution in [3.8, 4) is 0 Å². The maximum atomic E-state index is 13.3. The SMILES string of the molecule is CCc1c(N2CCCCC2)c(=O)n2nc(C3=CCOCC3)nc2n1CC=O. The molecule has 1 saturated heterocycles. The number of carbonyl (C=O) groups is 1. The van der Waals surface area contributed by atoms with Crippen LogP contribution in [0.2, 0.25) is 0 Å². The zero-order valence-corrected chi connectivity index (χ0v) is 15.7. The molecule has 0 radical (unpaired) electrons. The smallest absolute Gasteiger partial charge is 0.299 e. The number of piperidine rings is 1. The van der Waals surface area contributed by atoms with Crippen LogP contribution in [0.15, 0.2) is 10.9 Å². The van der Waals surface area contributed by atoms with Crippen LogP contribution in [0.25, 0.3) is 11.4 Å². The Labute approximate surface area is 157 Å². The summed E-state index contributed by atoms with van der Waals surface area (Å²) < 4.78 is 8.57. The van der Waals surface area contributed by atoms with E-state index < -0.39 is 0 Å². The Bertz CT molecular complexity index is 937. The zero-order chi connectivity index (χ0) is 18.8. The van der Waals surface area contributed by atoms with Gasteiger partial charge in [0.25, 0.3) is 5.56 Å². The van der Waals surface area contributed by atoms with Gasteiger partial charge in [0.15, 0.2) is 5.82 Å². The molecule has 0 atom stereocenters. The van der Waals surface area contributed by atoms with E-state index in [1.807, 2.05) is 17.6 Å². The first kappa shape index (κ1) is 17.9. The molecule has 2 aliphatic heterocycles. The summed E-state index contributed by atoms with van der Waals surface area (Å²) in [6.45, 7) is 5.05. The highest BCUT2D eigenvalue weighted by molar-refractivity contribution is 5.63. The number of hydrogen-bond donors (Lipinski definition) is 0. The Hall–Kier alpha value is -2.48. The molecule has 0 unspecified atom stereocenters. The molecule has 8 heteroatoms. The van der Waals surface area contributed by atoms with E-state index in [9.17, 15) is 9.59 Å². The predicted octanol–water partition coefficient (Wildman–Crippen LogP) is 1.45. The lowest BCUT2D eigenvalue weighted by Crippen LogP contribution is -2.38. The van der Waals surface area contributed by atoms with E-state index >= 15 is 0 Å². The van der Waals surface area contributed by atoms with Crippen LogP contribution in [0, 0.1) is 0 Å². The maximum absolute atomic E-state index is 13.3. The first-order valence-electron chi connectivity index (χ1n) is 9.72. The first-order valence-corrected chi connectivity index (χ1v) is 9.72. The number of carbonyl (C=O) groups excluding carboxylic acids is 1. The summed E-state index contributed by atoms with van der Waals surface area (Å²) in [5, 5.41) is 4.52. The summed E-state index contributed by atoms with van der Waals surface area (Å²) in [6, 6.07) is 0. The van der Waals surface area contributed by atoms with Gasteiger partial charge in [-0.2, -0.15) is 9.50 Å². The number of aldehydes is 1. The summed E-state index contributed by atoms with van der Waals surface area (Å²) in [6.07, 6.45) is 7.52. The molecular formula is C19H25N5O3. The standard InChI is InChI=1S/C19H25N5O3/c1-2-15-16(22-8-4-3-5-9-22)18(26)24-19(23(15)10-11-25)20-17(21-24)14-6-12-27-13-7-14/h6,11H,2-5,7-10,12-13H2,1H3. The van der Waals surface area contributed by atoms with Gasteiger partial charge in [0, 0.05) is 13.1 Å². The Morgan fingerprint density at radius 2 is 2.07 bits per heavy atom. The lowest BCUT2D eigenvalue weighted by molar-refractivity contribution is -0.108. The van der Waals surface area contributed by atoms with Crippen molar-refractivity contribution >= 4 is 23.3 Å². The minimum absolute atomic E-state index is 0.141. The van der Waals surface area contributed by atoms with Gasteiger partial charge in [-0.15, -0.1) is 5.10 Å². The van der Waals surface area contributed by atoms with Crippen molar-refractivity contribution in [2.45, 2.75) is 45.6 Å². The largest absolute Gasteiger partial charge is 0.377 e. The molecule has 0 bridgehead atoms. The van der Waals surface area contributed by atoms with Gasteiger partial charge in [0.1, 0.15) is 12.0 Å². The summed E-state index contributed by atoms with van der Waals surface area (Å²) in [5.74, 6) is 0.986. The van der Waals surface area contributed by atoms with Crippen molar-refractivity contribution in [1.29, 1.82) is 0 Å². The van der Waals surface area contributed by atoms with Crippen LogP contribution in [-0.2, 0) is 22.5 Å². The lowest BCUT2D eigenvalue weighted by atomic mass is 10.1. The quantitative estimate of drug-likeness (QED) is 0.740. The maximum Gasteiger partial charge on any atom is 0.299 e. The van der Waals surface area contributed by atoms with Crippen molar-refractivity contribution in [2.75, 3.05) is 31.2 Å². The molecule has 4 rings (SSSR count). The molecule has 144 valence electrons. The minimum atomic E-state index is -0.141. The molecular weight excluding hydrogens is 346 g/mol. The van der Waals surface area contributed by atoms with Crippen molar-refractivity contribution < 1.29 is 9.53 Å². The number of ether oxygens (including phenoxy) is 1. The average Bonchev–Trinajstić information content (AvgIpc) is 3.17. The fourth-order valence-corrected chi connectivity index (χ4v) is 4.01. The third-order valence-electron chi connectivity index (χ3n) is 5.34. The highest BCUT2D eigenvalue weighted by Gasteiger charge is 2.25. The number of aromatic nitrogens is 4. The summed E-state index contributed by atoms with van der Waals surface area (Å²) in [5.41, 5.74) is 2.38. The van der Waals surface area contributed by atoms with Gasteiger partial charge < -0.3 is 19.0 Å². The van der Waals surface area contributed by atoms with Gasteiger partial charge in [0.2, 0.25) is 5.78 Å². The van der Waals surface area contributed by atoms with E-state index in [0.717, 1.165) is 49.9 Å². The normalized spacial score (nSPS) is 18.0. The van der Waals surface area contributed by atoms with E-state index in [1.165, 1.54) is 10.9 Å². The molecule has 0 saturated carbocycles. The first-order chi connectivity index (χ1) is 13.2. The molecule has 0 N–H and O–H groups in total. The molecule has 27 heavy (non-hydrogen) atoms. The summed E-state index contributed by atoms with van der Waals surface area (Å²) in [7, 11) is 0. The fraction of sp³-hybridized carbons (Fsp3) is 0.579. The molecule has 4 heterocycles. The minimum Gasteiger partial charge on any atom is -0.377 e. The second kappa shape index (κ2) is 7.64. The topological polar surface area (TPSA) is 81.7 Å². The van der Waals surface area contributed by atoms with Crippen molar-refractivity contribution in [3.05, 3.63) is 27.9 Å². The van der Waals surface area contributed by atoms with Gasteiger partial charge in [0.05, 0.1) is 25.5 Å². The van der Waals surface area contributed by atoms with Crippen LogP contribution in [-0.4, -0.2) is 51.8 Å². The predicted molar refractivity (Wildman–Crippen MR) is 102 cm³/mol. The van der Waals surface area contributed by atoms with Gasteiger partial charge in [-0.3, -0.25) is 4.79 Å². The van der Waals surface area contributed by atoms with Crippen LogP contribution in [0.4, 0.5) is 5.69 Å². The summed E-state index contributed by atoms with van der Waals surface area (Å²) in [4.78, 5) is 31.5. The molecule has 0 amide bonds. The van der Waals surface area contributed by atoms with E-state index in [1.54, 1.807) is 0 Å². The third-order valence-corrected chi connectivity index (χ3v) is 5.34. The zero-order valence-electron chi connectivity index (χ0n) is 15.7. The number of nitrogens with zero attached hydrogens (tertiary/aromatic N) is 5. The second-order valence-corrected chi connectivity index (χ2v) is 6.98. The molecule has 2 aliphatic rings. The Balaban J connectivity index is 1.94. The molecule has 0 spiro atoms. The summed E-state index contributed by atoms with van der Waals surface area (Å²) >= 11 is 0. The van der Waals surface area contributed by atoms with Crippen molar-refractivity contribution in [3.63, 3.8) is 0 Å². The van der Waals surface area contributed by atoms with Crippen LogP contribution in [0.1, 0.15) is 44.1 Å². The number of rotatable bonds is 5. The van der Waals surface area contributed by atoms with E-state index in [0.29, 0.717) is 36.9 Å². The Morgan fingerprint density at radius 1 is 1.26 bits per heavy atom. The van der Waals surface area contributed by atoms with E-state index in [-0.39, 0.29) is 12.1 Å². The number of anilines is 1. The average molecular weight is 371 g/mol. The fourth-order valence-electron chi connectivity index (χ4n) is 4.01. The highest BCUT2D eigenvalue weighted by atomic mass is 16.5. The molecule has 0 aromatic carbocycles. The van der Waals surface area contributed by atoms with Gasteiger partial charge in [-0.05, 0) is 37.7 Å².